The Morgan fingerprint density at radius 3 is 2.76 bits per heavy atom. The number of carbonyl (C=O) groups excluding carboxylic acids is 1. The van der Waals surface area contributed by atoms with Gasteiger partial charge in [-0.2, -0.15) is 0 Å². The van der Waals surface area contributed by atoms with Crippen LogP contribution < -0.4 is 5.32 Å². The number of nitrogens with one attached hydrogen (secondary N) is 2. The molecule has 2 N–H and O–H groups in total. The Morgan fingerprint density at radius 2 is 2.10 bits per heavy atom. The Kier molecular flexibility index (Phi) is 3.28. The van der Waals surface area contributed by atoms with Gasteiger partial charge in [-0.15, -0.1) is 0 Å². The van der Waals surface area contributed by atoms with Crippen molar-refractivity contribution < 1.29 is 13.2 Å². The van der Waals surface area contributed by atoms with Gasteiger partial charge in [0.15, 0.2) is 9.84 Å². The van der Waals surface area contributed by atoms with Gasteiger partial charge in [0, 0.05) is 22.6 Å². The molecule has 1 fully saturated rings. The van der Waals surface area contributed by atoms with Crippen molar-refractivity contribution in [3.05, 3.63) is 35.0 Å². The number of rotatable bonds is 2. The van der Waals surface area contributed by atoms with Crippen LogP contribution in [0.15, 0.2) is 18.2 Å². The van der Waals surface area contributed by atoms with Crippen LogP contribution in [0.5, 0.6) is 0 Å². The monoisotopic (exact) mass is 306 g/mol. The average molecular weight is 306 g/mol. The third-order valence-electron chi connectivity index (χ3n) is 3.94. The molecule has 1 saturated heterocycles. The molecule has 3 rings (SSSR count). The van der Waals surface area contributed by atoms with Crippen LogP contribution in [0, 0.1) is 13.8 Å². The van der Waals surface area contributed by atoms with Crippen molar-refractivity contribution in [2.75, 3.05) is 11.5 Å². The van der Waals surface area contributed by atoms with E-state index < -0.39 is 9.84 Å². The Balaban J connectivity index is 1.90. The first-order chi connectivity index (χ1) is 9.85. The highest BCUT2D eigenvalue weighted by atomic mass is 32.2. The lowest BCUT2D eigenvalue weighted by Gasteiger charge is -2.11. The predicted molar refractivity (Wildman–Crippen MR) is 82.3 cm³/mol. The normalized spacial score (nSPS) is 20.8. The fourth-order valence-electron chi connectivity index (χ4n) is 2.91. The Bertz CT molecular complexity index is 821. The molecule has 2 heterocycles. The maximum atomic E-state index is 12.5. The van der Waals surface area contributed by atoms with Crippen LogP contribution in [-0.2, 0) is 9.84 Å². The number of fused-ring (bicyclic) bond motifs is 1. The average Bonchev–Trinajstić information content (AvgIpc) is 2.87. The van der Waals surface area contributed by atoms with Crippen molar-refractivity contribution in [2.24, 2.45) is 0 Å². The number of hydrogen-bond acceptors (Lipinski definition) is 3. The highest BCUT2D eigenvalue weighted by Gasteiger charge is 2.30. The number of carbonyl (C=O) groups is 1. The highest BCUT2D eigenvalue weighted by Crippen LogP contribution is 2.23. The number of amides is 1. The third kappa shape index (κ3) is 2.68. The third-order valence-corrected chi connectivity index (χ3v) is 5.70. The molecule has 2 aromatic rings. The molecule has 21 heavy (non-hydrogen) atoms. The first-order valence-electron chi connectivity index (χ1n) is 6.96. The van der Waals surface area contributed by atoms with Gasteiger partial charge in [-0.1, -0.05) is 12.1 Å². The van der Waals surface area contributed by atoms with E-state index >= 15 is 0 Å². The van der Waals surface area contributed by atoms with Crippen LogP contribution in [0.25, 0.3) is 10.9 Å². The van der Waals surface area contributed by atoms with Gasteiger partial charge in [0.05, 0.1) is 17.1 Å². The number of H-pyrrole nitrogens is 1. The lowest BCUT2D eigenvalue weighted by Crippen LogP contribution is -2.35. The molecule has 1 aromatic heterocycles. The lowest BCUT2D eigenvalue weighted by atomic mass is 10.1. The molecule has 0 saturated carbocycles. The Morgan fingerprint density at radius 1 is 1.33 bits per heavy atom. The van der Waals surface area contributed by atoms with Crippen LogP contribution in [0.2, 0.25) is 0 Å². The smallest absolute Gasteiger partial charge is 0.253 e. The van der Waals surface area contributed by atoms with E-state index in [1.165, 1.54) is 0 Å². The summed E-state index contributed by atoms with van der Waals surface area (Å²) >= 11 is 0. The minimum absolute atomic E-state index is 0.0409. The number of aromatic nitrogens is 1. The van der Waals surface area contributed by atoms with Gasteiger partial charge in [-0.05, 0) is 31.9 Å². The summed E-state index contributed by atoms with van der Waals surface area (Å²) in [7, 11) is -2.99. The zero-order chi connectivity index (χ0) is 15.2. The van der Waals surface area contributed by atoms with E-state index in [-0.39, 0.29) is 23.5 Å². The van der Waals surface area contributed by atoms with E-state index in [2.05, 4.69) is 10.3 Å². The van der Waals surface area contributed by atoms with Gasteiger partial charge in [-0.3, -0.25) is 4.79 Å². The summed E-state index contributed by atoms with van der Waals surface area (Å²) < 4.78 is 22.9. The second-order valence-corrected chi connectivity index (χ2v) is 7.98. The Labute approximate surface area is 123 Å². The van der Waals surface area contributed by atoms with Crippen LogP contribution in [-0.4, -0.2) is 36.9 Å². The molecule has 6 heteroatoms. The largest absolute Gasteiger partial charge is 0.358 e. The second-order valence-electron chi connectivity index (χ2n) is 5.75. The molecule has 1 atom stereocenters. The number of sulfone groups is 1. The second kappa shape index (κ2) is 4.87. The minimum atomic E-state index is -2.99. The first kappa shape index (κ1) is 14.1. The molecule has 0 spiro atoms. The molecule has 1 aromatic carbocycles. The van der Waals surface area contributed by atoms with Gasteiger partial charge in [-0.25, -0.2) is 8.42 Å². The number of hydrogen-bond donors (Lipinski definition) is 2. The van der Waals surface area contributed by atoms with Crippen molar-refractivity contribution in [3.8, 4) is 0 Å². The van der Waals surface area contributed by atoms with Crippen molar-refractivity contribution in [1.29, 1.82) is 0 Å². The topological polar surface area (TPSA) is 79.0 Å². The van der Waals surface area contributed by atoms with E-state index in [0.29, 0.717) is 12.0 Å². The maximum Gasteiger partial charge on any atom is 0.253 e. The Hall–Kier alpha value is -1.82. The van der Waals surface area contributed by atoms with Crippen LogP contribution in [0.1, 0.15) is 28.0 Å². The highest BCUT2D eigenvalue weighted by molar-refractivity contribution is 7.91. The van der Waals surface area contributed by atoms with E-state index in [1.54, 1.807) is 0 Å². The molecule has 1 aliphatic heterocycles. The zero-order valence-corrected chi connectivity index (χ0v) is 12.9. The number of benzene rings is 1. The molecule has 1 amide bonds. The molecule has 1 aliphatic rings. The summed E-state index contributed by atoms with van der Waals surface area (Å²) in [6, 6.07) is 5.61. The molecule has 5 nitrogen and oxygen atoms in total. The van der Waals surface area contributed by atoms with Crippen LogP contribution in [0.3, 0.4) is 0 Å². The number of aromatic amines is 1. The van der Waals surface area contributed by atoms with Gasteiger partial charge >= 0.3 is 0 Å². The van der Waals surface area contributed by atoms with Crippen molar-refractivity contribution in [3.63, 3.8) is 0 Å². The zero-order valence-electron chi connectivity index (χ0n) is 12.1. The van der Waals surface area contributed by atoms with Gasteiger partial charge in [0.2, 0.25) is 0 Å². The number of aryl methyl sites for hydroxylation is 2. The van der Waals surface area contributed by atoms with Gasteiger partial charge in [0.1, 0.15) is 0 Å². The molecular weight excluding hydrogens is 288 g/mol. The molecular formula is C15H18N2O3S. The summed E-state index contributed by atoms with van der Waals surface area (Å²) in [6.07, 6.45) is 0.495. The quantitative estimate of drug-likeness (QED) is 0.886. The van der Waals surface area contributed by atoms with Crippen LogP contribution in [0.4, 0.5) is 0 Å². The molecule has 1 unspecified atom stereocenters. The molecule has 0 radical (unpaired) electrons. The van der Waals surface area contributed by atoms with E-state index in [4.69, 9.17) is 0 Å². The minimum Gasteiger partial charge on any atom is -0.358 e. The van der Waals surface area contributed by atoms with Crippen molar-refractivity contribution in [1.82, 2.24) is 10.3 Å². The predicted octanol–water partition coefficient (Wildman–Crippen LogP) is 1.70. The van der Waals surface area contributed by atoms with Gasteiger partial charge < -0.3 is 10.3 Å². The summed E-state index contributed by atoms with van der Waals surface area (Å²) in [5.74, 6) is -0.00630. The molecule has 0 aliphatic carbocycles. The first-order valence-corrected chi connectivity index (χ1v) is 8.78. The fourth-order valence-corrected chi connectivity index (χ4v) is 4.58. The standard InChI is InChI=1S/C15H18N2O3S/c1-9-3-4-12-13(7-9)16-10(2)14(12)15(18)17-11-5-6-21(19,20)8-11/h3-4,7,11,16H,5-6,8H2,1-2H3,(H,17,18). The lowest BCUT2D eigenvalue weighted by molar-refractivity contribution is 0.0942. The van der Waals surface area contributed by atoms with Crippen molar-refractivity contribution in [2.45, 2.75) is 26.3 Å². The van der Waals surface area contributed by atoms with Crippen LogP contribution >= 0.6 is 0 Å². The summed E-state index contributed by atoms with van der Waals surface area (Å²) in [5, 5.41) is 3.72. The van der Waals surface area contributed by atoms with Crippen molar-refractivity contribution >= 4 is 26.6 Å². The summed E-state index contributed by atoms with van der Waals surface area (Å²) in [5.41, 5.74) is 3.46. The van der Waals surface area contributed by atoms with E-state index in [1.807, 2.05) is 32.0 Å². The molecule has 0 bridgehead atoms. The van der Waals surface area contributed by atoms with Gasteiger partial charge in [0.25, 0.3) is 5.91 Å². The van der Waals surface area contributed by atoms with E-state index in [0.717, 1.165) is 22.2 Å². The SMILES string of the molecule is Cc1ccc2c(C(=O)NC3CCS(=O)(=O)C3)c(C)[nH]c2c1. The molecule has 112 valence electrons. The fraction of sp³-hybridized carbons (Fsp3) is 0.400. The summed E-state index contributed by atoms with van der Waals surface area (Å²) in [6.45, 7) is 3.86. The van der Waals surface area contributed by atoms with E-state index in [9.17, 15) is 13.2 Å². The maximum absolute atomic E-state index is 12.5. The summed E-state index contributed by atoms with van der Waals surface area (Å²) in [4.78, 5) is 15.7.